The van der Waals surface area contributed by atoms with Crippen molar-refractivity contribution >= 4 is 15.9 Å². The largest absolute Gasteiger partial charge is 0.384 e. The SMILES string of the molecule is CCS(=O)(=O)NC[C@@H]1[C@H](F)CN1C(=O)[C@]1(COC)C[C@H]1c1ccc(F)cc1-c1c(F)cccc1F. The Labute approximate surface area is 201 Å². The van der Waals surface area contributed by atoms with Crippen LogP contribution in [0.4, 0.5) is 17.6 Å². The summed E-state index contributed by atoms with van der Waals surface area (Å²) >= 11 is 0. The number of methoxy groups -OCH3 is 1. The number of rotatable bonds is 9. The number of nitrogens with one attached hydrogen (secondary N) is 1. The van der Waals surface area contributed by atoms with Gasteiger partial charge in [0, 0.05) is 19.6 Å². The first kappa shape index (κ1) is 25.6. The summed E-state index contributed by atoms with van der Waals surface area (Å²) in [6, 6.07) is 5.94. The van der Waals surface area contributed by atoms with Crippen molar-refractivity contribution in [3.05, 3.63) is 59.4 Å². The lowest BCUT2D eigenvalue weighted by atomic mass is 9.89. The highest BCUT2D eigenvalue weighted by Gasteiger charge is 2.64. The van der Waals surface area contributed by atoms with Crippen molar-refractivity contribution in [2.45, 2.75) is 31.5 Å². The van der Waals surface area contributed by atoms with Crippen molar-refractivity contribution < 1.29 is 35.5 Å². The molecule has 1 N–H and O–H groups in total. The van der Waals surface area contributed by atoms with Gasteiger partial charge in [0.05, 0.1) is 35.9 Å². The molecule has 0 unspecified atom stereocenters. The molecule has 1 aliphatic carbocycles. The van der Waals surface area contributed by atoms with Crippen molar-refractivity contribution in [2.75, 3.05) is 32.6 Å². The van der Waals surface area contributed by atoms with Gasteiger partial charge in [-0.1, -0.05) is 12.1 Å². The average Bonchev–Trinajstić information content (AvgIpc) is 3.52. The number of amides is 1. The molecule has 35 heavy (non-hydrogen) atoms. The molecule has 4 rings (SSSR count). The monoisotopic (exact) mass is 514 g/mol. The molecule has 1 amide bonds. The van der Waals surface area contributed by atoms with Crippen LogP contribution in [0.2, 0.25) is 0 Å². The molecule has 0 spiro atoms. The number of sulfonamides is 1. The van der Waals surface area contributed by atoms with E-state index >= 15 is 0 Å². The van der Waals surface area contributed by atoms with Gasteiger partial charge >= 0.3 is 0 Å². The number of likely N-dealkylation sites (tertiary alicyclic amines) is 1. The minimum atomic E-state index is -3.58. The lowest BCUT2D eigenvalue weighted by Gasteiger charge is -2.45. The van der Waals surface area contributed by atoms with Gasteiger partial charge in [0.2, 0.25) is 15.9 Å². The predicted octanol–water partition coefficient (Wildman–Crippen LogP) is 3.38. The molecule has 11 heteroatoms. The molecule has 2 aromatic carbocycles. The van der Waals surface area contributed by atoms with Crippen LogP contribution in [0.3, 0.4) is 0 Å². The summed E-state index contributed by atoms with van der Waals surface area (Å²) in [7, 11) is -2.19. The Morgan fingerprint density at radius 3 is 2.49 bits per heavy atom. The highest BCUT2D eigenvalue weighted by Crippen LogP contribution is 2.62. The first-order valence-electron chi connectivity index (χ1n) is 11.2. The number of alkyl halides is 1. The first-order valence-corrected chi connectivity index (χ1v) is 12.8. The van der Waals surface area contributed by atoms with Gasteiger partial charge in [-0.15, -0.1) is 0 Å². The van der Waals surface area contributed by atoms with Crippen LogP contribution in [0.5, 0.6) is 0 Å². The fraction of sp³-hybridized carbons (Fsp3) is 0.458. The number of ether oxygens (including phenoxy) is 1. The van der Waals surface area contributed by atoms with Crippen LogP contribution in [0.1, 0.15) is 24.8 Å². The fourth-order valence-corrected chi connectivity index (χ4v) is 5.44. The number of hydrogen-bond donors (Lipinski definition) is 1. The van der Waals surface area contributed by atoms with E-state index in [0.29, 0.717) is 5.56 Å². The maximum absolute atomic E-state index is 14.6. The third-order valence-electron chi connectivity index (χ3n) is 6.87. The Morgan fingerprint density at radius 2 is 1.89 bits per heavy atom. The van der Waals surface area contributed by atoms with Gasteiger partial charge in [-0.3, -0.25) is 4.79 Å². The fourth-order valence-electron chi connectivity index (χ4n) is 4.81. The van der Waals surface area contributed by atoms with Crippen LogP contribution in [-0.2, 0) is 19.6 Å². The maximum atomic E-state index is 14.6. The molecular weight excluding hydrogens is 488 g/mol. The summed E-state index contributed by atoms with van der Waals surface area (Å²) in [5, 5.41) is 0. The molecule has 2 fully saturated rings. The van der Waals surface area contributed by atoms with E-state index in [0.717, 1.165) is 24.3 Å². The molecule has 1 heterocycles. The van der Waals surface area contributed by atoms with Crippen LogP contribution in [0, 0.1) is 22.9 Å². The summed E-state index contributed by atoms with van der Waals surface area (Å²) < 4.78 is 88.8. The molecule has 190 valence electrons. The molecule has 2 aromatic rings. The number of carbonyl (C=O) groups is 1. The van der Waals surface area contributed by atoms with Crippen LogP contribution < -0.4 is 4.72 Å². The summed E-state index contributed by atoms with van der Waals surface area (Å²) in [5.74, 6) is -3.61. The van der Waals surface area contributed by atoms with Gasteiger partial charge in [0.15, 0.2) is 0 Å². The zero-order chi connectivity index (χ0) is 25.5. The molecule has 0 bridgehead atoms. The van der Waals surface area contributed by atoms with Crippen molar-refractivity contribution in [3.8, 4) is 11.1 Å². The molecule has 2 aliphatic rings. The summed E-state index contributed by atoms with van der Waals surface area (Å²) in [6.45, 7) is 0.931. The van der Waals surface area contributed by atoms with E-state index in [9.17, 15) is 30.8 Å². The Bertz CT molecular complexity index is 1220. The van der Waals surface area contributed by atoms with Gasteiger partial charge in [-0.2, -0.15) is 0 Å². The van der Waals surface area contributed by atoms with E-state index in [4.69, 9.17) is 4.74 Å². The second kappa shape index (κ2) is 9.51. The Kier molecular flexibility index (Phi) is 6.96. The van der Waals surface area contributed by atoms with Gasteiger partial charge in [-0.05, 0) is 48.7 Å². The molecule has 0 aromatic heterocycles. The zero-order valence-electron chi connectivity index (χ0n) is 19.2. The number of halogens is 4. The van der Waals surface area contributed by atoms with Gasteiger partial charge in [-0.25, -0.2) is 30.7 Å². The first-order chi connectivity index (χ1) is 16.5. The molecule has 4 atom stereocenters. The summed E-state index contributed by atoms with van der Waals surface area (Å²) in [5.41, 5.74) is -1.17. The number of hydrogen-bond acceptors (Lipinski definition) is 4. The normalized spacial score (nSPS) is 25.9. The second-order valence-electron chi connectivity index (χ2n) is 8.97. The molecule has 1 aliphatic heterocycles. The summed E-state index contributed by atoms with van der Waals surface area (Å²) in [4.78, 5) is 14.8. The number of nitrogens with zero attached hydrogens (tertiary/aromatic N) is 1. The Balaban J connectivity index is 1.65. The topological polar surface area (TPSA) is 75.7 Å². The standard InChI is InChI=1S/C24H26F4N2O4S/c1-3-35(32,33)29-11-21-20(28)12-30(21)23(31)24(13-34-2)10-17(24)15-8-7-14(25)9-16(15)22-18(26)5-4-6-19(22)27/h4-9,17,20-21,29H,3,10-13H2,1-2H3/t17-,20+,21+,24-/m0/s1. The van der Waals surface area contributed by atoms with E-state index in [1.54, 1.807) is 0 Å². The van der Waals surface area contributed by atoms with E-state index < -0.39 is 62.5 Å². The second-order valence-corrected chi connectivity index (χ2v) is 11.1. The Hall–Kier alpha value is -2.50. The van der Waals surface area contributed by atoms with Crippen LogP contribution >= 0.6 is 0 Å². The number of carbonyl (C=O) groups excluding carboxylic acids is 1. The van der Waals surface area contributed by atoms with Crippen molar-refractivity contribution in [2.24, 2.45) is 5.41 Å². The molecule has 0 radical (unpaired) electrons. The van der Waals surface area contributed by atoms with Crippen LogP contribution in [0.25, 0.3) is 11.1 Å². The zero-order valence-corrected chi connectivity index (χ0v) is 20.0. The summed E-state index contributed by atoms with van der Waals surface area (Å²) in [6.07, 6.45) is -1.15. The molecule has 1 saturated carbocycles. The quantitative estimate of drug-likeness (QED) is 0.521. The molecule has 6 nitrogen and oxygen atoms in total. The van der Waals surface area contributed by atoms with Gasteiger partial charge < -0.3 is 9.64 Å². The third kappa shape index (κ3) is 4.68. The van der Waals surface area contributed by atoms with Crippen molar-refractivity contribution in [1.82, 2.24) is 9.62 Å². The highest BCUT2D eigenvalue weighted by atomic mass is 32.2. The maximum Gasteiger partial charge on any atom is 0.232 e. The lowest BCUT2D eigenvalue weighted by Crippen LogP contribution is -2.65. The van der Waals surface area contributed by atoms with Gasteiger partial charge in [0.1, 0.15) is 23.6 Å². The predicted molar refractivity (Wildman–Crippen MR) is 121 cm³/mol. The minimum Gasteiger partial charge on any atom is -0.384 e. The van der Waals surface area contributed by atoms with Crippen LogP contribution in [0.15, 0.2) is 36.4 Å². The highest BCUT2D eigenvalue weighted by molar-refractivity contribution is 7.89. The van der Waals surface area contributed by atoms with E-state index in [1.165, 1.54) is 31.1 Å². The Morgan fingerprint density at radius 1 is 1.20 bits per heavy atom. The van der Waals surface area contributed by atoms with Crippen molar-refractivity contribution in [1.29, 1.82) is 0 Å². The third-order valence-corrected chi connectivity index (χ3v) is 8.23. The van der Waals surface area contributed by atoms with Gasteiger partial charge in [0.25, 0.3) is 0 Å². The van der Waals surface area contributed by atoms with Crippen molar-refractivity contribution in [3.63, 3.8) is 0 Å². The van der Waals surface area contributed by atoms with E-state index in [1.807, 2.05) is 0 Å². The van der Waals surface area contributed by atoms with Crippen LogP contribution in [-0.4, -0.2) is 64.0 Å². The minimum absolute atomic E-state index is 0.00406. The smallest absolute Gasteiger partial charge is 0.232 e. The lowest BCUT2D eigenvalue weighted by molar-refractivity contribution is -0.153. The molecule has 1 saturated heterocycles. The molecular formula is C24H26F4N2O4S. The van der Waals surface area contributed by atoms with E-state index in [2.05, 4.69) is 4.72 Å². The van der Waals surface area contributed by atoms with E-state index in [-0.39, 0.29) is 37.4 Å². The average molecular weight is 515 g/mol. The number of benzene rings is 2.